The van der Waals surface area contributed by atoms with E-state index in [1.54, 1.807) is 0 Å². The zero-order chi connectivity index (χ0) is 13.7. The van der Waals surface area contributed by atoms with Gasteiger partial charge in [-0.25, -0.2) is 0 Å². The van der Waals surface area contributed by atoms with Crippen molar-refractivity contribution >= 4 is 11.6 Å². The highest BCUT2D eigenvalue weighted by Crippen LogP contribution is 2.20. The third kappa shape index (κ3) is 4.27. The van der Waals surface area contributed by atoms with Crippen molar-refractivity contribution in [3.8, 4) is 0 Å². The third-order valence-corrected chi connectivity index (χ3v) is 3.56. The van der Waals surface area contributed by atoms with Crippen LogP contribution in [-0.4, -0.2) is 18.0 Å². The number of carbonyl (C=O) groups is 1. The molecular formula is C16H24N2O. The van der Waals surface area contributed by atoms with Gasteiger partial charge < -0.3 is 10.6 Å². The van der Waals surface area contributed by atoms with Gasteiger partial charge in [0.15, 0.2) is 0 Å². The molecule has 1 fully saturated rings. The Kier molecular flexibility index (Phi) is 4.83. The van der Waals surface area contributed by atoms with Gasteiger partial charge in [-0.2, -0.15) is 0 Å². The lowest BCUT2D eigenvalue weighted by molar-refractivity contribution is 0.0951. The number of carbonyl (C=O) groups excluding carboxylic acids is 1. The molecule has 0 aliphatic heterocycles. The van der Waals surface area contributed by atoms with Crippen LogP contribution >= 0.6 is 0 Å². The topological polar surface area (TPSA) is 41.1 Å². The maximum atomic E-state index is 11.9. The second kappa shape index (κ2) is 6.60. The normalized spacial score (nSPS) is 15.9. The van der Waals surface area contributed by atoms with Gasteiger partial charge in [-0.3, -0.25) is 4.79 Å². The second-order valence-corrected chi connectivity index (χ2v) is 5.36. The summed E-state index contributed by atoms with van der Waals surface area (Å²) in [4.78, 5) is 11.9. The van der Waals surface area contributed by atoms with E-state index in [-0.39, 0.29) is 5.91 Å². The van der Waals surface area contributed by atoms with E-state index in [1.165, 1.54) is 12.8 Å². The van der Waals surface area contributed by atoms with Gasteiger partial charge in [0.2, 0.25) is 0 Å². The molecule has 1 saturated carbocycles. The minimum absolute atomic E-state index is 0.0506. The van der Waals surface area contributed by atoms with Gasteiger partial charge in [0.1, 0.15) is 0 Å². The molecule has 1 aromatic rings. The van der Waals surface area contributed by atoms with Crippen molar-refractivity contribution in [2.45, 2.75) is 58.0 Å². The number of anilines is 1. The average molecular weight is 260 g/mol. The molecule has 1 aromatic carbocycles. The van der Waals surface area contributed by atoms with Gasteiger partial charge in [-0.05, 0) is 49.9 Å². The van der Waals surface area contributed by atoms with Crippen molar-refractivity contribution < 1.29 is 4.79 Å². The summed E-state index contributed by atoms with van der Waals surface area (Å²) in [5, 5.41) is 6.52. The van der Waals surface area contributed by atoms with Crippen LogP contribution in [0.1, 0.15) is 56.3 Å². The van der Waals surface area contributed by atoms with E-state index < -0.39 is 0 Å². The van der Waals surface area contributed by atoms with Crippen LogP contribution in [0, 0.1) is 0 Å². The van der Waals surface area contributed by atoms with Crippen LogP contribution < -0.4 is 10.6 Å². The summed E-state index contributed by atoms with van der Waals surface area (Å²) in [6.07, 6.45) is 5.74. The molecule has 0 radical (unpaired) electrons. The first kappa shape index (κ1) is 13.9. The van der Waals surface area contributed by atoms with Crippen LogP contribution in [0.3, 0.4) is 0 Å². The van der Waals surface area contributed by atoms with E-state index in [9.17, 15) is 4.79 Å². The van der Waals surface area contributed by atoms with Crippen molar-refractivity contribution in [3.63, 3.8) is 0 Å². The molecule has 0 spiro atoms. The molecule has 0 bridgehead atoms. The van der Waals surface area contributed by atoms with Crippen molar-refractivity contribution in [1.82, 2.24) is 5.32 Å². The van der Waals surface area contributed by atoms with Crippen molar-refractivity contribution in [1.29, 1.82) is 0 Å². The lowest BCUT2D eigenvalue weighted by Gasteiger charge is -2.17. The Morgan fingerprint density at radius 1 is 1.26 bits per heavy atom. The summed E-state index contributed by atoms with van der Waals surface area (Å²) >= 11 is 0. The summed E-state index contributed by atoms with van der Waals surface area (Å²) in [6.45, 7) is 4.40. The highest BCUT2D eigenvalue weighted by Gasteiger charge is 2.23. The molecule has 0 saturated heterocycles. The van der Waals surface area contributed by atoms with Gasteiger partial charge in [0.25, 0.3) is 5.91 Å². The monoisotopic (exact) mass is 260 g/mol. The van der Waals surface area contributed by atoms with E-state index in [2.05, 4.69) is 24.5 Å². The molecule has 3 nitrogen and oxygen atoms in total. The Balaban J connectivity index is 1.91. The average Bonchev–Trinajstić information content (AvgIpc) is 3.23. The number of benzene rings is 1. The van der Waals surface area contributed by atoms with Crippen LogP contribution in [0.2, 0.25) is 0 Å². The zero-order valence-electron chi connectivity index (χ0n) is 11.9. The lowest BCUT2D eigenvalue weighted by atomic mass is 10.1. The minimum Gasteiger partial charge on any atom is -0.382 e. The van der Waals surface area contributed by atoms with Crippen LogP contribution in [0.5, 0.6) is 0 Å². The van der Waals surface area contributed by atoms with Gasteiger partial charge in [0.05, 0.1) is 0 Å². The van der Waals surface area contributed by atoms with Gasteiger partial charge >= 0.3 is 0 Å². The zero-order valence-corrected chi connectivity index (χ0v) is 11.9. The van der Waals surface area contributed by atoms with Crippen molar-refractivity contribution in [2.24, 2.45) is 0 Å². The van der Waals surface area contributed by atoms with Gasteiger partial charge in [-0.15, -0.1) is 0 Å². The summed E-state index contributed by atoms with van der Waals surface area (Å²) in [6, 6.07) is 8.74. The Morgan fingerprint density at radius 3 is 2.47 bits per heavy atom. The molecular weight excluding hydrogens is 236 g/mol. The Bertz CT molecular complexity index is 409. The number of rotatable bonds is 7. The standard InChI is InChI=1S/C16H24N2O/c1-3-5-13(4-2)17-14-8-6-12(7-9-14)16(19)18-15-10-11-15/h6-9,13,15,17H,3-5,10-11H2,1-2H3,(H,18,19). The smallest absolute Gasteiger partial charge is 0.251 e. The third-order valence-electron chi connectivity index (χ3n) is 3.56. The number of hydrogen-bond donors (Lipinski definition) is 2. The van der Waals surface area contributed by atoms with Crippen molar-refractivity contribution in [2.75, 3.05) is 5.32 Å². The van der Waals surface area contributed by atoms with Crippen LogP contribution in [0.15, 0.2) is 24.3 Å². The summed E-state index contributed by atoms with van der Waals surface area (Å²) in [5.41, 5.74) is 1.85. The second-order valence-electron chi connectivity index (χ2n) is 5.36. The first-order valence-corrected chi connectivity index (χ1v) is 7.40. The fraction of sp³-hybridized carbons (Fsp3) is 0.562. The predicted octanol–water partition coefficient (Wildman–Crippen LogP) is 3.57. The molecule has 1 amide bonds. The number of nitrogens with one attached hydrogen (secondary N) is 2. The highest BCUT2D eigenvalue weighted by molar-refractivity contribution is 5.94. The Morgan fingerprint density at radius 2 is 1.95 bits per heavy atom. The number of amides is 1. The molecule has 1 aliphatic rings. The van der Waals surface area contributed by atoms with Gasteiger partial charge in [-0.1, -0.05) is 20.3 Å². The van der Waals surface area contributed by atoms with E-state index in [4.69, 9.17) is 0 Å². The summed E-state index contributed by atoms with van der Waals surface area (Å²) in [7, 11) is 0. The van der Waals surface area contributed by atoms with E-state index >= 15 is 0 Å². The molecule has 104 valence electrons. The van der Waals surface area contributed by atoms with Crippen LogP contribution in [0.4, 0.5) is 5.69 Å². The largest absolute Gasteiger partial charge is 0.382 e. The highest BCUT2D eigenvalue weighted by atomic mass is 16.1. The first-order valence-electron chi connectivity index (χ1n) is 7.40. The van der Waals surface area contributed by atoms with E-state index in [0.29, 0.717) is 12.1 Å². The molecule has 1 atom stereocenters. The molecule has 19 heavy (non-hydrogen) atoms. The molecule has 0 aromatic heterocycles. The SMILES string of the molecule is CCCC(CC)Nc1ccc(C(=O)NC2CC2)cc1. The van der Waals surface area contributed by atoms with Crippen LogP contribution in [-0.2, 0) is 0 Å². The van der Waals surface area contributed by atoms with Crippen LogP contribution in [0.25, 0.3) is 0 Å². The van der Waals surface area contributed by atoms with E-state index in [0.717, 1.165) is 30.5 Å². The fourth-order valence-electron chi connectivity index (χ4n) is 2.18. The molecule has 1 aliphatic carbocycles. The maximum absolute atomic E-state index is 11.9. The molecule has 2 N–H and O–H groups in total. The fourth-order valence-corrected chi connectivity index (χ4v) is 2.18. The van der Waals surface area contributed by atoms with Crippen molar-refractivity contribution in [3.05, 3.63) is 29.8 Å². The quantitative estimate of drug-likeness (QED) is 0.787. The number of hydrogen-bond acceptors (Lipinski definition) is 2. The Labute approximate surface area is 115 Å². The molecule has 1 unspecified atom stereocenters. The maximum Gasteiger partial charge on any atom is 0.251 e. The predicted molar refractivity (Wildman–Crippen MR) is 79.5 cm³/mol. The summed E-state index contributed by atoms with van der Waals surface area (Å²) < 4.78 is 0. The van der Waals surface area contributed by atoms with Gasteiger partial charge in [0, 0.05) is 23.3 Å². The molecule has 3 heteroatoms. The van der Waals surface area contributed by atoms with E-state index in [1.807, 2.05) is 24.3 Å². The summed E-state index contributed by atoms with van der Waals surface area (Å²) in [5.74, 6) is 0.0506. The molecule has 2 rings (SSSR count). The molecule has 0 heterocycles. The Hall–Kier alpha value is -1.51. The minimum atomic E-state index is 0.0506. The first-order chi connectivity index (χ1) is 9.22. The lowest BCUT2D eigenvalue weighted by Crippen LogP contribution is -2.25.